The van der Waals surface area contributed by atoms with Crippen LogP contribution >= 0.6 is 39.1 Å². The molecule has 2 aromatic rings. The fourth-order valence-corrected chi connectivity index (χ4v) is 2.75. The number of nitrogens with one attached hydrogen (secondary N) is 2. The Labute approximate surface area is 180 Å². The number of halogens is 3. The van der Waals surface area contributed by atoms with Crippen molar-refractivity contribution in [1.29, 1.82) is 0 Å². The van der Waals surface area contributed by atoms with E-state index in [1.165, 1.54) is 6.21 Å². The molecular formula is C19H14BrCl2N3O3. The lowest BCUT2D eigenvalue weighted by Crippen LogP contribution is -2.24. The van der Waals surface area contributed by atoms with Gasteiger partial charge in [-0.3, -0.25) is 9.59 Å². The molecular weight excluding hydrogens is 469 g/mol. The van der Waals surface area contributed by atoms with E-state index in [0.717, 1.165) is 4.47 Å². The first kappa shape index (κ1) is 21.8. The van der Waals surface area contributed by atoms with Crippen LogP contribution in [0.3, 0.4) is 0 Å². The highest BCUT2D eigenvalue weighted by Crippen LogP contribution is 2.29. The third kappa shape index (κ3) is 6.57. The van der Waals surface area contributed by atoms with Gasteiger partial charge >= 0.3 is 0 Å². The molecule has 144 valence electrons. The van der Waals surface area contributed by atoms with Gasteiger partial charge in [0.05, 0.1) is 21.9 Å². The van der Waals surface area contributed by atoms with Crippen molar-refractivity contribution in [3.63, 3.8) is 0 Å². The van der Waals surface area contributed by atoms with Crippen LogP contribution in [0.15, 0.2) is 46.0 Å². The number of nitrogens with zero attached hydrogens (tertiary/aromatic N) is 1. The van der Waals surface area contributed by atoms with Crippen LogP contribution in [0, 0.1) is 12.3 Å². The summed E-state index contributed by atoms with van der Waals surface area (Å²) < 4.78 is 6.20. The van der Waals surface area contributed by atoms with E-state index in [2.05, 4.69) is 37.7 Å². The molecule has 0 atom stereocenters. The lowest BCUT2D eigenvalue weighted by atomic mass is 10.2. The van der Waals surface area contributed by atoms with Gasteiger partial charge in [0, 0.05) is 10.0 Å². The number of benzene rings is 2. The van der Waals surface area contributed by atoms with E-state index in [9.17, 15) is 9.59 Å². The van der Waals surface area contributed by atoms with Crippen LogP contribution in [0.5, 0.6) is 5.75 Å². The third-order valence-electron chi connectivity index (χ3n) is 3.22. The quantitative estimate of drug-likeness (QED) is 0.268. The Hall–Kier alpha value is -2.53. The summed E-state index contributed by atoms with van der Waals surface area (Å²) in [4.78, 5) is 23.9. The fraction of sp³-hybridized carbons (Fsp3) is 0.105. The molecule has 2 aromatic carbocycles. The lowest BCUT2D eigenvalue weighted by molar-refractivity contribution is -0.126. The third-order valence-corrected chi connectivity index (χ3v) is 4.53. The summed E-state index contributed by atoms with van der Waals surface area (Å²) in [5.74, 6) is 1.72. The van der Waals surface area contributed by atoms with Crippen LogP contribution < -0.4 is 15.5 Å². The molecule has 0 spiro atoms. The Kier molecular flexibility index (Phi) is 8.33. The van der Waals surface area contributed by atoms with Gasteiger partial charge in [-0.2, -0.15) is 5.10 Å². The Morgan fingerprint density at radius 2 is 2.04 bits per heavy atom. The van der Waals surface area contributed by atoms with Gasteiger partial charge in [0.25, 0.3) is 0 Å². The van der Waals surface area contributed by atoms with Gasteiger partial charge in [0.2, 0.25) is 11.8 Å². The maximum atomic E-state index is 12.0. The molecule has 0 fully saturated rings. The highest BCUT2D eigenvalue weighted by Gasteiger charge is 2.12. The topological polar surface area (TPSA) is 79.8 Å². The second-order valence-corrected chi connectivity index (χ2v) is 7.00. The number of anilines is 1. The van der Waals surface area contributed by atoms with Crippen LogP contribution in [-0.4, -0.2) is 24.6 Å². The molecule has 0 heterocycles. The summed E-state index contributed by atoms with van der Waals surface area (Å²) in [7, 11) is 0. The van der Waals surface area contributed by atoms with Crippen molar-refractivity contribution in [2.75, 3.05) is 11.9 Å². The van der Waals surface area contributed by atoms with Crippen molar-refractivity contribution in [1.82, 2.24) is 5.43 Å². The highest BCUT2D eigenvalue weighted by molar-refractivity contribution is 9.10. The number of rotatable bonds is 7. The first-order valence-electron chi connectivity index (χ1n) is 7.82. The van der Waals surface area contributed by atoms with Gasteiger partial charge in [0.15, 0.2) is 0 Å². The van der Waals surface area contributed by atoms with Crippen LogP contribution in [0.4, 0.5) is 5.69 Å². The van der Waals surface area contributed by atoms with Gasteiger partial charge < -0.3 is 10.1 Å². The number of terminal acetylenes is 1. The molecule has 0 aromatic heterocycles. The smallest absolute Gasteiger partial charge is 0.249 e. The molecule has 0 unspecified atom stereocenters. The summed E-state index contributed by atoms with van der Waals surface area (Å²) in [6.07, 6.45) is 6.13. The van der Waals surface area contributed by atoms with Gasteiger partial charge in [-0.15, -0.1) is 6.42 Å². The van der Waals surface area contributed by atoms with Gasteiger partial charge in [-0.25, -0.2) is 5.43 Å². The summed E-state index contributed by atoms with van der Waals surface area (Å²) >= 11 is 15.2. The van der Waals surface area contributed by atoms with E-state index in [1.807, 2.05) is 0 Å². The van der Waals surface area contributed by atoms with Gasteiger partial charge in [-0.05, 0) is 30.3 Å². The number of hydrogen-bond donors (Lipinski definition) is 2. The number of amides is 2. The van der Waals surface area contributed by atoms with Crippen molar-refractivity contribution in [3.05, 3.63) is 56.5 Å². The summed E-state index contributed by atoms with van der Waals surface area (Å²) in [6.45, 7) is 0.0983. The zero-order chi connectivity index (χ0) is 20.5. The largest absolute Gasteiger partial charge is 0.480 e. The second-order valence-electron chi connectivity index (χ2n) is 5.29. The number of carbonyl (C=O) groups excluding carboxylic acids is 2. The van der Waals surface area contributed by atoms with Crippen molar-refractivity contribution in [2.24, 2.45) is 5.10 Å². The molecule has 0 saturated carbocycles. The monoisotopic (exact) mass is 481 g/mol. The average Bonchev–Trinajstić information content (AvgIpc) is 2.65. The number of hydrogen-bond acceptors (Lipinski definition) is 4. The first-order valence-corrected chi connectivity index (χ1v) is 9.37. The number of hydrazone groups is 1. The van der Waals surface area contributed by atoms with E-state index >= 15 is 0 Å². The van der Waals surface area contributed by atoms with E-state index < -0.39 is 18.2 Å². The van der Waals surface area contributed by atoms with Crippen LogP contribution in [0.2, 0.25) is 10.0 Å². The van der Waals surface area contributed by atoms with Crippen LogP contribution in [0.25, 0.3) is 0 Å². The van der Waals surface area contributed by atoms with Gasteiger partial charge in [0.1, 0.15) is 18.8 Å². The molecule has 2 N–H and O–H groups in total. The van der Waals surface area contributed by atoms with Crippen LogP contribution in [-0.2, 0) is 9.59 Å². The van der Waals surface area contributed by atoms with Crippen molar-refractivity contribution in [2.45, 2.75) is 6.42 Å². The molecule has 2 rings (SSSR count). The molecule has 0 aliphatic heterocycles. The lowest BCUT2D eigenvalue weighted by Gasteiger charge is -2.08. The second kappa shape index (κ2) is 10.7. The van der Waals surface area contributed by atoms with Crippen LogP contribution in [0.1, 0.15) is 12.0 Å². The standard InChI is InChI=1S/C19H14BrCl2N3O3/c1-2-8-28-16-7-6-13(20)9-12(16)11-23-25-18(27)10-17(26)24-15-5-3-4-14(21)19(15)22/h1,3-7,9,11H,8,10H2,(H,24,26)(H,25,27). The Morgan fingerprint density at radius 3 is 2.79 bits per heavy atom. The Balaban J connectivity index is 1.93. The predicted octanol–water partition coefficient (Wildman–Crippen LogP) is 4.25. The maximum absolute atomic E-state index is 12.0. The van der Waals surface area contributed by atoms with E-state index in [1.54, 1.807) is 36.4 Å². The zero-order valence-electron chi connectivity index (χ0n) is 14.3. The molecule has 9 heteroatoms. The minimum Gasteiger partial charge on any atom is -0.480 e. The fourth-order valence-electron chi connectivity index (χ4n) is 2.02. The summed E-state index contributed by atoms with van der Waals surface area (Å²) in [6, 6.07) is 10.0. The Bertz CT molecular complexity index is 958. The van der Waals surface area contributed by atoms with E-state index in [-0.39, 0.29) is 11.6 Å². The zero-order valence-corrected chi connectivity index (χ0v) is 17.4. The molecule has 2 amide bonds. The minimum absolute atomic E-state index is 0.0983. The van der Waals surface area contributed by atoms with Crippen molar-refractivity contribution >= 4 is 62.8 Å². The summed E-state index contributed by atoms with van der Waals surface area (Å²) in [5, 5.41) is 6.85. The SMILES string of the molecule is C#CCOc1ccc(Br)cc1C=NNC(=O)CC(=O)Nc1cccc(Cl)c1Cl. The normalized spacial score (nSPS) is 10.4. The molecule has 28 heavy (non-hydrogen) atoms. The van der Waals surface area contributed by atoms with E-state index in [0.29, 0.717) is 22.0 Å². The molecule has 0 aliphatic rings. The minimum atomic E-state index is -0.604. The number of carbonyl (C=O) groups is 2. The molecule has 0 radical (unpaired) electrons. The molecule has 0 bridgehead atoms. The maximum Gasteiger partial charge on any atom is 0.249 e. The van der Waals surface area contributed by atoms with Crippen molar-refractivity contribution < 1.29 is 14.3 Å². The molecule has 0 aliphatic carbocycles. The molecule has 6 nitrogen and oxygen atoms in total. The van der Waals surface area contributed by atoms with Gasteiger partial charge in [-0.1, -0.05) is 51.1 Å². The van der Waals surface area contributed by atoms with Crippen molar-refractivity contribution in [3.8, 4) is 18.1 Å². The predicted molar refractivity (Wildman–Crippen MR) is 114 cm³/mol. The highest BCUT2D eigenvalue weighted by atomic mass is 79.9. The average molecular weight is 483 g/mol. The molecule has 0 saturated heterocycles. The first-order chi connectivity index (χ1) is 13.4. The summed E-state index contributed by atoms with van der Waals surface area (Å²) in [5.41, 5.74) is 3.19. The Morgan fingerprint density at radius 1 is 1.25 bits per heavy atom. The number of ether oxygens (including phenoxy) is 1. The van der Waals surface area contributed by atoms with E-state index in [4.69, 9.17) is 34.4 Å².